The largest absolute Gasteiger partial charge is 0.307 e. The Kier molecular flexibility index (Phi) is 8.23. The standard InChI is InChI=1S/C49H40N2O4/c1-32-23-25-42-38(27-32)48(46(54)50(42)30-34-15-7-3-8-16-34)40(44(52)36-19-11-5-12-20-36)29-41(45(53)37-21-13-6-14-22-37)49(48)39-28-33(2)24-26-43(39)51(47(49)55)31-35-17-9-4-10-18-35/h3-28,40-41H,29-31H2,1-2H3/t40-,41-,48-,49+/m1/s1. The van der Waals surface area contributed by atoms with Crippen LogP contribution in [-0.4, -0.2) is 23.4 Å². The van der Waals surface area contributed by atoms with E-state index in [0.717, 1.165) is 22.3 Å². The van der Waals surface area contributed by atoms with Crippen LogP contribution in [0.4, 0.5) is 11.4 Å². The predicted octanol–water partition coefficient (Wildman–Crippen LogP) is 8.97. The Hall–Kier alpha value is -6.40. The van der Waals surface area contributed by atoms with Crippen molar-refractivity contribution < 1.29 is 19.2 Å². The maximum Gasteiger partial charge on any atom is 0.240 e. The maximum absolute atomic E-state index is 16.3. The topological polar surface area (TPSA) is 74.8 Å². The normalized spacial score (nSPS) is 22.4. The third-order valence-corrected chi connectivity index (χ3v) is 12.2. The number of Topliss-reactive ketones (excluding diaryl/α,β-unsaturated/α-hetero) is 2. The molecule has 3 aliphatic rings. The lowest BCUT2D eigenvalue weighted by molar-refractivity contribution is -0.135. The molecule has 1 fully saturated rings. The number of anilines is 2. The molecule has 55 heavy (non-hydrogen) atoms. The zero-order chi connectivity index (χ0) is 37.9. The minimum absolute atomic E-state index is 0.0120. The van der Waals surface area contributed by atoms with Crippen LogP contribution in [0.1, 0.15) is 60.5 Å². The molecule has 0 aromatic heterocycles. The molecule has 0 N–H and O–H groups in total. The van der Waals surface area contributed by atoms with Gasteiger partial charge in [0.1, 0.15) is 10.8 Å². The van der Waals surface area contributed by atoms with Crippen molar-refractivity contribution in [3.8, 4) is 0 Å². The highest BCUT2D eigenvalue weighted by atomic mass is 16.2. The monoisotopic (exact) mass is 720 g/mol. The second-order valence-electron chi connectivity index (χ2n) is 15.2. The maximum atomic E-state index is 16.3. The van der Waals surface area contributed by atoms with Crippen molar-refractivity contribution in [2.24, 2.45) is 11.8 Å². The molecule has 0 unspecified atom stereocenters. The quantitative estimate of drug-likeness (QED) is 0.147. The number of aryl methyl sites for hydroxylation is 2. The van der Waals surface area contributed by atoms with E-state index in [1.807, 2.05) is 147 Å². The van der Waals surface area contributed by atoms with E-state index in [2.05, 4.69) is 0 Å². The summed E-state index contributed by atoms with van der Waals surface area (Å²) in [5.41, 5.74) is 3.49. The first-order valence-electron chi connectivity index (χ1n) is 18.9. The lowest BCUT2D eigenvalue weighted by atomic mass is 9.53. The number of hydrogen-bond acceptors (Lipinski definition) is 4. The van der Waals surface area contributed by atoms with E-state index in [1.165, 1.54) is 0 Å². The van der Waals surface area contributed by atoms with E-state index in [-0.39, 0.29) is 42.9 Å². The van der Waals surface area contributed by atoms with Gasteiger partial charge in [-0.2, -0.15) is 0 Å². The van der Waals surface area contributed by atoms with Crippen LogP contribution in [-0.2, 0) is 33.5 Å². The number of carbonyl (C=O) groups excluding carboxylic acids is 4. The molecule has 2 amide bonds. The zero-order valence-electron chi connectivity index (χ0n) is 30.8. The molecular formula is C49H40N2O4. The molecule has 6 nitrogen and oxygen atoms in total. The van der Waals surface area contributed by atoms with Crippen LogP contribution in [0.2, 0.25) is 0 Å². The predicted molar refractivity (Wildman–Crippen MR) is 214 cm³/mol. The van der Waals surface area contributed by atoms with Crippen LogP contribution in [0.5, 0.6) is 0 Å². The molecule has 2 spiro atoms. The molecule has 6 aromatic rings. The van der Waals surface area contributed by atoms with Crippen molar-refractivity contribution in [1.82, 2.24) is 0 Å². The molecule has 0 bridgehead atoms. The van der Waals surface area contributed by atoms with Crippen LogP contribution >= 0.6 is 0 Å². The number of fused-ring (bicyclic) bond motifs is 5. The Labute approximate surface area is 321 Å². The van der Waals surface area contributed by atoms with Gasteiger partial charge < -0.3 is 9.80 Å². The van der Waals surface area contributed by atoms with Crippen molar-refractivity contribution >= 4 is 34.8 Å². The third-order valence-electron chi connectivity index (χ3n) is 12.2. The smallest absolute Gasteiger partial charge is 0.240 e. The molecule has 6 heteroatoms. The lowest BCUT2D eigenvalue weighted by Crippen LogP contribution is -2.63. The number of nitrogens with zero attached hydrogens (tertiary/aromatic N) is 2. The van der Waals surface area contributed by atoms with Gasteiger partial charge in [-0.1, -0.05) is 157 Å². The Morgan fingerprint density at radius 2 is 0.855 bits per heavy atom. The van der Waals surface area contributed by atoms with Gasteiger partial charge in [0.2, 0.25) is 11.8 Å². The van der Waals surface area contributed by atoms with E-state index in [1.54, 1.807) is 34.1 Å². The third kappa shape index (κ3) is 5.01. The van der Waals surface area contributed by atoms with Crippen LogP contribution in [0.15, 0.2) is 158 Å². The van der Waals surface area contributed by atoms with Crippen LogP contribution in [0.3, 0.4) is 0 Å². The Morgan fingerprint density at radius 3 is 1.22 bits per heavy atom. The lowest BCUT2D eigenvalue weighted by Gasteiger charge is -2.44. The van der Waals surface area contributed by atoms with Crippen LogP contribution in [0.25, 0.3) is 0 Å². The van der Waals surface area contributed by atoms with E-state index < -0.39 is 22.7 Å². The second-order valence-corrected chi connectivity index (χ2v) is 15.2. The van der Waals surface area contributed by atoms with Gasteiger partial charge in [-0.15, -0.1) is 0 Å². The molecule has 9 rings (SSSR count). The van der Waals surface area contributed by atoms with Crippen molar-refractivity contribution in [3.63, 3.8) is 0 Å². The van der Waals surface area contributed by atoms with E-state index >= 15 is 19.2 Å². The molecule has 270 valence electrons. The highest BCUT2D eigenvalue weighted by Crippen LogP contribution is 2.70. The molecule has 6 aromatic carbocycles. The van der Waals surface area contributed by atoms with Gasteiger partial charge in [0.15, 0.2) is 11.6 Å². The van der Waals surface area contributed by atoms with Crippen LogP contribution in [0, 0.1) is 25.7 Å². The van der Waals surface area contributed by atoms with Gasteiger partial charge in [-0.25, -0.2) is 0 Å². The number of rotatable bonds is 8. The second kappa shape index (κ2) is 13.2. The molecule has 1 aliphatic carbocycles. The van der Waals surface area contributed by atoms with Gasteiger partial charge in [0.05, 0.1) is 13.1 Å². The van der Waals surface area contributed by atoms with Gasteiger partial charge >= 0.3 is 0 Å². The first-order chi connectivity index (χ1) is 26.8. The number of hydrogen-bond donors (Lipinski definition) is 0. The van der Waals surface area contributed by atoms with Gasteiger partial charge in [-0.3, -0.25) is 19.2 Å². The first-order valence-corrected chi connectivity index (χ1v) is 18.9. The number of benzene rings is 6. The van der Waals surface area contributed by atoms with Gasteiger partial charge in [-0.05, 0) is 54.7 Å². The number of carbonyl (C=O) groups is 4. The summed E-state index contributed by atoms with van der Waals surface area (Å²) in [5.74, 6) is -3.27. The highest BCUT2D eigenvalue weighted by Gasteiger charge is 2.81. The van der Waals surface area contributed by atoms with Crippen molar-refractivity contribution in [3.05, 3.63) is 202 Å². The van der Waals surface area contributed by atoms with Gasteiger partial charge in [0.25, 0.3) is 0 Å². The molecule has 0 radical (unpaired) electrons. The number of amides is 2. The SMILES string of the molecule is Cc1ccc2c(c1)[C@@]1(C(=O)N2Cc2ccccc2)[C@@H](C(=O)c2ccccc2)C[C@H](C(=O)c2ccccc2)[C@]12C(=O)N(Cc1ccccc1)c1ccc(C)cc12. The summed E-state index contributed by atoms with van der Waals surface area (Å²) in [6.45, 7) is 4.41. The van der Waals surface area contributed by atoms with Crippen molar-refractivity contribution in [2.75, 3.05) is 9.80 Å². The molecule has 4 atom stereocenters. The zero-order valence-corrected chi connectivity index (χ0v) is 30.8. The van der Waals surface area contributed by atoms with E-state index in [9.17, 15) is 0 Å². The highest BCUT2D eigenvalue weighted by molar-refractivity contribution is 6.24. The molecule has 2 aliphatic heterocycles. The van der Waals surface area contributed by atoms with Crippen LogP contribution < -0.4 is 9.80 Å². The summed E-state index contributed by atoms with van der Waals surface area (Å²) >= 11 is 0. The van der Waals surface area contributed by atoms with Crippen molar-refractivity contribution in [2.45, 2.75) is 44.2 Å². The minimum Gasteiger partial charge on any atom is -0.307 e. The number of ketones is 2. The molecule has 2 heterocycles. The summed E-state index contributed by atoms with van der Waals surface area (Å²) in [6.07, 6.45) is 0.0120. The van der Waals surface area contributed by atoms with Crippen molar-refractivity contribution in [1.29, 1.82) is 0 Å². The summed E-state index contributed by atoms with van der Waals surface area (Å²) in [5, 5.41) is 0. The fourth-order valence-electron chi connectivity index (χ4n) is 9.91. The fraction of sp³-hybridized carbons (Fsp3) is 0.184. The molecule has 1 saturated carbocycles. The molecule has 0 saturated heterocycles. The van der Waals surface area contributed by atoms with E-state index in [0.29, 0.717) is 33.6 Å². The Balaban J connectivity index is 1.40. The summed E-state index contributed by atoms with van der Waals surface area (Å²) in [4.78, 5) is 67.0. The molecular weight excluding hydrogens is 681 g/mol. The summed E-state index contributed by atoms with van der Waals surface area (Å²) < 4.78 is 0. The fourth-order valence-corrected chi connectivity index (χ4v) is 9.91. The summed E-state index contributed by atoms with van der Waals surface area (Å²) in [7, 11) is 0. The summed E-state index contributed by atoms with van der Waals surface area (Å²) in [6, 6.07) is 49.4. The Morgan fingerprint density at radius 1 is 0.509 bits per heavy atom. The Bertz CT molecular complexity index is 2310. The average molecular weight is 721 g/mol. The average Bonchev–Trinajstić information content (AvgIpc) is 3.76. The van der Waals surface area contributed by atoms with E-state index in [4.69, 9.17) is 0 Å². The minimum atomic E-state index is -1.77. The first kappa shape index (κ1) is 34.4. The van der Waals surface area contributed by atoms with Gasteiger partial charge in [0, 0.05) is 34.3 Å².